The first-order chi connectivity index (χ1) is 8.68. The number of ether oxygens (including phenoxy) is 2. The first-order valence-electron chi connectivity index (χ1n) is 5.57. The molecular weight excluding hydrogens is 234 g/mol. The van der Waals surface area contributed by atoms with Crippen molar-refractivity contribution < 1.29 is 9.47 Å². The van der Waals surface area contributed by atoms with Crippen LogP contribution in [0.25, 0.3) is 0 Å². The Kier molecular flexibility index (Phi) is 3.73. The number of hydrogen-bond donors (Lipinski definition) is 3. The molecule has 96 valence electrons. The Morgan fingerprint density at radius 2 is 2.11 bits per heavy atom. The second kappa shape index (κ2) is 5.46. The number of hydrogen-bond acceptors (Lipinski definition) is 6. The van der Waals surface area contributed by atoms with Gasteiger partial charge in [-0.3, -0.25) is 10.8 Å². The van der Waals surface area contributed by atoms with Crippen molar-refractivity contribution in [1.82, 2.24) is 4.98 Å². The summed E-state index contributed by atoms with van der Waals surface area (Å²) in [6.45, 7) is 2.71. The lowest BCUT2D eigenvalue weighted by atomic mass is 10.2. The normalized spacial score (nSPS) is 15.2. The summed E-state index contributed by atoms with van der Waals surface area (Å²) in [5, 5.41) is 14.8. The van der Waals surface area contributed by atoms with E-state index in [2.05, 4.69) is 4.98 Å². The molecule has 0 amide bonds. The van der Waals surface area contributed by atoms with E-state index in [9.17, 15) is 0 Å². The average molecular weight is 249 g/mol. The Morgan fingerprint density at radius 3 is 2.78 bits per heavy atom. The van der Waals surface area contributed by atoms with Gasteiger partial charge in [-0.05, 0) is 12.1 Å². The summed E-state index contributed by atoms with van der Waals surface area (Å²) >= 11 is 0. The maximum atomic E-state index is 7.78. The van der Waals surface area contributed by atoms with E-state index >= 15 is 0 Å². The number of anilines is 1. The van der Waals surface area contributed by atoms with Gasteiger partial charge in [0.05, 0.1) is 18.8 Å². The molecule has 0 radical (unpaired) electrons. The van der Waals surface area contributed by atoms with Crippen LogP contribution in [0.4, 0.5) is 5.82 Å². The van der Waals surface area contributed by atoms with Gasteiger partial charge in [0.15, 0.2) is 0 Å². The number of pyridine rings is 1. The number of morpholine rings is 1. The molecule has 7 heteroatoms. The molecule has 0 spiro atoms. The van der Waals surface area contributed by atoms with E-state index < -0.39 is 6.02 Å². The molecule has 1 aromatic rings. The number of aromatic nitrogens is 1. The van der Waals surface area contributed by atoms with Crippen LogP contribution in [0.2, 0.25) is 0 Å². The largest absolute Gasteiger partial charge is 0.407 e. The highest BCUT2D eigenvalue weighted by atomic mass is 16.5. The zero-order valence-electron chi connectivity index (χ0n) is 9.85. The lowest BCUT2D eigenvalue weighted by molar-refractivity contribution is 0.122. The summed E-state index contributed by atoms with van der Waals surface area (Å²) in [5.74, 6) is 0.490. The third kappa shape index (κ3) is 2.75. The van der Waals surface area contributed by atoms with Gasteiger partial charge in [0, 0.05) is 19.3 Å². The van der Waals surface area contributed by atoms with E-state index in [4.69, 9.17) is 26.0 Å². The van der Waals surface area contributed by atoms with Gasteiger partial charge in [0.1, 0.15) is 5.82 Å². The van der Waals surface area contributed by atoms with Crippen molar-refractivity contribution in [3.8, 4) is 0 Å². The predicted octanol–water partition coefficient (Wildman–Crippen LogP) is 0.154. The van der Waals surface area contributed by atoms with Crippen LogP contribution in [-0.4, -0.2) is 43.2 Å². The van der Waals surface area contributed by atoms with E-state index in [1.54, 1.807) is 18.3 Å². The molecule has 2 heterocycles. The van der Waals surface area contributed by atoms with E-state index in [0.29, 0.717) is 24.6 Å². The Hall–Kier alpha value is -2.15. The number of rotatable bonds is 2. The molecule has 2 rings (SSSR count). The maximum absolute atomic E-state index is 7.78. The van der Waals surface area contributed by atoms with Gasteiger partial charge in [-0.25, -0.2) is 4.98 Å². The molecule has 0 unspecified atom stereocenters. The molecule has 1 aromatic heterocycles. The molecule has 0 aliphatic carbocycles. The van der Waals surface area contributed by atoms with Crippen LogP contribution in [0.5, 0.6) is 0 Å². The Bertz CT molecular complexity index is 457. The minimum absolute atomic E-state index is 0.169. The van der Waals surface area contributed by atoms with Crippen molar-refractivity contribution in [2.24, 2.45) is 5.73 Å². The standard InChI is InChI=1S/C11H15N5O2/c12-9(18-11(13)14)8-2-1-3-15-10(8)16-4-6-17-7-5-16/h1-3,12H,4-7H2,(H3,13,14). The van der Waals surface area contributed by atoms with Crippen LogP contribution >= 0.6 is 0 Å². The summed E-state index contributed by atoms with van der Waals surface area (Å²) in [5.41, 5.74) is 5.65. The van der Waals surface area contributed by atoms with Crippen molar-refractivity contribution in [1.29, 1.82) is 10.8 Å². The number of nitrogens with zero attached hydrogens (tertiary/aromatic N) is 2. The monoisotopic (exact) mass is 249 g/mol. The minimum Gasteiger partial charge on any atom is -0.407 e. The molecule has 1 aliphatic rings. The Balaban J connectivity index is 2.24. The second-order valence-electron chi connectivity index (χ2n) is 3.77. The summed E-state index contributed by atoms with van der Waals surface area (Å²) in [4.78, 5) is 6.29. The van der Waals surface area contributed by atoms with Gasteiger partial charge in [-0.15, -0.1) is 0 Å². The molecule has 0 aromatic carbocycles. The van der Waals surface area contributed by atoms with Gasteiger partial charge in [-0.1, -0.05) is 0 Å². The third-order valence-corrected chi connectivity index (χ3v) is 2.55. The van der Waals surface area contributed by atoms with Crippen molar-refractivity contribution in [2.75, 3.05) is 31.2 Å². The first kappa shape index (κ1) is 12.3. The summed E-state index contributed by atoms with van der Waals surface area (Å²) < 4.78 is 10.1. The summed E-state index contributed by atoms with van der Waals surface area (Å²) in [6.07, 6.45) is 1.66. The second-order valence-corrected chi connectivity index (χ2v) is 3.77. The highest BCUT2D eigenvalue weighted by Crippen LogP contribution is 2.19. The van der Waals surface area contributed by atoms with E-state index in [-0.39, 0.29) is 5.90 Å². The van der Waals surface area contributed by atoms with Crippen LogP contribution in [0.15, 0.2) is 18.3 Å². The SMILES string of the molecule is N=C(N)OC(=N)c1cccnc1N1CCOCC1. The van der Waals surface area contributed by atoms with Gasteiger partial charge in [0.2, 0.25) is 5.90 Å². The highest BCUT2D eigenvalue weighted by Gasteiger charge is 2.19. The van der Waals surface area contributed by atoms with Gasteiger partial charge in [0.25, 0.3) is 6.02 Å². The van der Waals surface area contributed by atoms with Crippen molar-refractivity contribution in [3.05, 3.63) is 23.9 Å². The molecule has 1 fully saturated rings. The van der Waals surface area contributed by atoms with Crippen molar-refractivity contribution in [3.63, 3.8) is 0 Å². The zero-order chi connectivity index (χ0) is 13.0. The molecule has 0 bridgehead atoms. The molecular formula is C11H15N5O2. The summed E-state index contributed by atoms with van der Waals surface area (Å²) in [7, 11) is 0. The average Bonchev–Trinajstić information content (AvgIpc) is 2.39. The van der Waals surface area contributed by atoms with Crippen LogP contribution in [0.1, 0.15) is 5.56 Å². The topological polar surface area (TPSA) is 108 Å². The number of nitrogens with one attached hydrogen (secondary N) is 2. The lowest BCUT2D eigenvalue weighted by Crippen LogP contribution is -2.38. The first-order valence-corrected chi connectivity index (χ1v) is 5.57. The maximum Gasteiger partial charge on any atom is 0.285 e. The molecule has 1 aliphatic heterocycles. The third-order valence-electron chi connectivity index (χ3n) is 2.55. The zero-order valence-corrected chi connectivity index (χ0v) is 9.85. The number of amidine groups is 1. The minimum atomic E-state index is -0.503. The molecule has 4 N–H and O–H groups in total. The highest BCUT2D eigenvalue weighted by molar-refractivity contribution is 6.01. The van der Waals surface area contributed by atoms with E-state index in [1.165, 1.54) is 0 Å². The predicted molar refractivity (Wildman–Crippen MR) is 67.1 cm³/mol. The fraction of sp³-hybridized carbons (Fsp3) is 0.364. The van der Waals surface area contributed by atoms with Gasteiger partial charge >= 0.3 is 0 Å². The molecule has 0 saturated carbocycles. The van der Waals surface area contributed by atoms with Crippen LogP contribution in [0.3, 0.4) is 0 Å². The molecule has 1 saturated heterocycles. The molecule has 7 nitrogen and oxygen atoms in total. The van der Waals surface area contributed by atoms with Crippen LogP contribution in [0, 0.1) is 10.8 Å². The van der Waals surface area contributed by atoms with Crippen LogP contribution in [-0.2, 0) is 9.47 Å². The fourth-order valence-electron chi connectivity index (χ4n) is 1.77. The van der Waals surface area contributed by atoms with E-state index in [0.717, 1.165) is 13.1 Å². The van der Waals surface area contributed by atoms with E-state index in [1.807, 2.05) is 4.90 Å². The smallest absolute Gasteiger partial charge is 0.285 e. The number of nitrogens with two attached hydrogens (primary N) is 1. The van der Waals surface area contributed by atoms with Gasteiger partial charge < -0.3 is 20.1 Å². The molecule has 18 heavy (non-hydrogen) atoms. The quantitative estimate of drug-likeness (QED) is 0.511. The molecule has 0 atom stereocenters. The fourth-order valence-corrected chi connectivity index (χ4v) is 1.77. The van der Waals surface area contributed by atoms with Crippen molar-refractivity contribution in [2.45, 2.75) is 0 Å². The van der Waals surface area contributed by atoms with Gasteiger partial charge in [-0.2, -0.15) is 0 Å². The van der Waals surface area contributed by atoms with Crippen molar-refractivity contribution >= 4 is 17.7 Å². The summed E-state index contributed by atoms with van der Waals surface area (Å²) in [6, 6.07) is 2.94. The lowest BCUT2D eigenvalue weighted by Gasteiger charge is -2.29. The van der Waals surface area contributed by atoms with Crippen LogP contribution < -0.4 is 10.6 Å². The Morgan fingerprint density at radius 1 is 1.39 bits per heavy atom. The Labute approximate surface area is 105 Å².